The maximum absolute atomic E-state index is 5.46. The smallest absolute Gasteiger partial charge is 0.123 e. The Kier molecular flexibility index (Phi) is 5.03. The minimum absolute atomic E-state index is 0.232. The second kappa shape index (κ2) is 6.77. The Morgan fingerprint density at radius 2 is 1.57 bits per heavy atom. The fourth-order valence-electron chi connectivity index (χ4n) is 2.81. The van der Waals surface area contributed by atoms with E-state index in [1.165, 1.54) is 22.3 Å². The quantitative estimate of drug-likeness (QED) is 0.857. The molecule has 1 unspecified atom stereocenters. The number of hydrogen-bond acceptors (Lipinski definition) is 2. The Labute approximate surface area is 128 Å². The molecule has 0 saturated heterocycles. The topological polar surface area (TPSA) is 21.3 Å². The van der Waals surface area contributed by atoms with E-state index in [9.17, 15) is 0 Å². The van der Waals surface area contributed by atoms with Crippen molar-refractivity contribution < 1.29 is 4.74 Å². The van der Waals surface area contributed by atoms with E-state index in [4.69, 9.17) is 4.74 Å². The van der Waals surface area contributed by atoms with E-state index in [2.05, 4.69) is 63.3 Å². The Hall–Kier alpha value is -1.80. The van der Waals surface area contributed by atoms with Crippen LogP contribution in [0.15, 0.2) is 42.5 Å². The predicted molar refractivity (Wildman–Crippen MR) is 88.9 cm³/mol. The average molecular weight is 283 g/mol. The molecule has 2 aromatic rings. The third-order valence-corrected chi connectivity index (χ3v) is 4.01. The summed E-state index contributed by atoms with van der Waals surface area (Å²) >= 11 is 0. The first-order valence-corrected chi connectivity index (χ1v) is 7.49. The van der Waals surface area contributed by atoms with Crippen molar-refractivity contribution in [1.29, 1.82) is 0 Å². The maximum atomic E-state index is 5.46. The van der Waals surface area contributed by atoms with Crippen molar-refractivity contribution in [3.63, 3.8) is 0 Å². The van der Waals surface area contributed by atoms with Gasteiger partial charge in [0.1, 0.15) is 5.75 Å². The summed E-state index contributed by atoms with van der Waals surface area (Å²) in [6, 6.07) is 15.3. The summed E-state index contributed by atoms with van der Waals surface area (Å²) in [5, 5.41) is 3.68. The van der Waals surface area contributed by atoms with Gasteiger partial charge in [-0.1, -0.05) is 42.0 Å². The third kappa shape index (κ3) is 3.64. The van der Waals surface area contributed by atoms with E-state index in [-0.39, 0.29) is 6.04 Å². The monoisotopic (exact) mass is 283 g/mol. The van der Waals surface area contributed by atoms with Gasteiger partial charge in [0.2, 0.25) is 0 Å². The molecule has 0 fully saturated rings. The van der Waals surface area contributed by atoms with Crippen LogP contribution in [0.1, 0.15) is 48.2 Å². The molecule has 1 N–H and O–H groups in total. The van der Waals surface area contributed by atoms with Crippen molar-refractivity contribution in [2.24, 2.45) is 0 Å². The van der Waals surface area contributed by atoms with Crippen molar-refractivity contribution in [2.45, 2.75) is 39.8 Å². The van der Waals surface area contributed by atoms with Crippen LogP contribution < -0.4 is 10.1 Å². The van der Waals surface area contributed by atoms with Gasteiger partial charge in [0.05, 0.1) is 7.11 Å². The molecule has 0 aromatic heterocycles. The zero-order chi connectivity index (χ0) is 15.4. The molecule has 2 aromatic carbocycles. The molecule has 0 aliphatic carbocycles. The van der Waals surface area contributed by atoms with Crippen LogP contribution in [-0.4, -0.2) is 7.11 Å². The van der Waals surface area contributed by atoms with E-state index < -0.39 is 0 Å². The summed E-state index contributed by atoms with van der Waals surface area (Å²) in [5.74, 6) is 0.936. The largest absolute Gasteiger partial charge is 0.496 e. The van der Waals surface area contributed by atoms with Gasteiger partial charge in [-0.3, -0.25) is 0 Å². The lowest BCUT2D eigenvalue weighted by Gasteiger charge is -2.23. The van der Waals surface area contributed by atoms with Gasteiger partial charge in [-0.15, -0.1) is 0 Å². The fourth-order valence-corrected chi connectivity index (χ4v) is 2.81. The number of benzene rings is 2. The number of para-hydroxylation sites is 1. The summed E-state index contributed by atoms with van der Waals surface area (Å²) in [7, 11) is 1.72. The first-order chi connectivity index (χ1) is 10.0. The number of hydrogen-bond donors (Lipinski definition) is 1. The highest BCUT2D eigenvalue weighted by atomic mass is 16.5. The molecule has 2 atom stereocenters. The molecule has 0 bridgehead atoms. The number of aryl methyl sites for hydroxylation is 2. The summed E-state index contributed by atoms with van der Waals surface area (Å²) in [5.41, 5.74) is 5.18. The van der Waals surface area contributed by atoms with Crippen molar-refractivity contribution in [3.05, 3.63) is 64.7 Å². The molecule has 21 heavy (non-hydrogen) atoms. The highest BCUT2D eigenvalue weighted by Gasteiger charge is 2.15. The molecular formula is C19H25NO. The molecule has 0 saturated carbocycles. The van der Waals surface area contributed by atoms with Crippen LogP contribution in [-0.2, 0) is 0 Å². The zero-order valence-corrected chi connectivity index (χ0v) is 13.6. The van der Waals surface area contributed by atoms with Gasteiger partial charge in [0.25, 0.3) is 0 Å². The van der Waals surface area contributed by atoms with Crippen molar-refractivity contribution in [2.75, 3.05) is 7.11 Å². The van der Waals surface area contributed by atoms with Crippen LogP contribution in [0, 0.1) is 13.8 Å². The molecule has 0 spiro atoms. The lowest BCUT2D eigenvalue weighted by Crippen LogP contribution is -2.23. The Bertz CT molecular complexity index is 606. The fraction of sp³-hybridized carbons (Fsp3) is 0.368. The molecule has 2 rings (SSSR count). The van der Waals surface area contributed by atoms with Crippen LogP contribution in [0.25, 0.3) is 0 Å². The molecule has 0 radical (unpaired) electrons. The molecule has 0 aliphatic heterocycles. The number of rotatable bonds is 5. The van der Waals surface area contributed by atoms with Crippen LogP contribution in [0.3, 0.4) is 0 Å². The maximum Gasteiger partial charge on any atom is 0.123 e. The summed E-state index contributed by atoms with van der Waals surface area (Å²) in [4.78, 5) is 0. The molecule has 0 heterocycles. The third-order valence-electron chi connectivity index (χ3n) is 4.01. The van der Waals surface area contributed by atoms with E-state index in [0.717, 1.165) is 5.75 Å². The molecule has 0 amide bonds. The van der Waals surface area contributed by atoms with E-state index in [1.807, 2.05) is 12.1 Å². The highest BCUT2D eigenvalue weighted by Crippen LogP contribution is 2.27. The standard InChI is InChI=1S/C19H25NO/c1-13-10-11-14(2)18(12-13)16(4)20-15(3)17-8-6-7-9-19(17)21-5/h6-12,15-16,20H,1-5H3/t15-,16?/m0/s1. The summed E-state index contributed by atoms with van der Waals surface area (Å²) in [6.07, 6.45) is 0. The summed E-state index contributed by atoms with van der Waals surface area (Å²) in [6.45, 7) is 8.70. The minimum Gasteiger partial charge on any atom is -0.496 e. The number of ether oxygens (including phenoxy) is 1. The van der Waals surface area contributed by atoms with Crippen molar-refractivity contribution >= 4 is 0 Å². The lowest BCUT2D eigenvalue weighted by atomic mass is 9.98. The highest BCUT2D eigenvalue weighted by molar-refractivity contribution is 5.37. The lowest BCUT2D eigenvalue weighted by molar-refractivity contribution is 0.396. The number of nitrogens with one attached hydrogen (secondary N) is 1. The normalized spacial score (nSPS) is 13.8. The minimum atomic E-state index is 0.232. The molecular weight excluding hydrogens is 258 g/mol. The van der Waals surface area contributed by atoms with Crippen LogP contribution in [0.2, 0.25) is 0 Å². The second-order valence-electron chi connectivity index (χ2n) is 5.71. The van der Waals surface area contributed by atoms with Crippen molar-refractivity contribution in [1.82, 2.24) is 5.32 Å². The van der Waals surface area contributed by atoms with Gasteiger partial charge in [-0.2, -0.15) is 0 Å². The summed E-state index contributed by atoms with van der Waals surface area (Å²) < 4.78 is 5.46. The van der Waals surface area contributed by atoms with Gasteiger partial charge in [-0.05, 0) is 44.9 Å². The van der Waals surface area contributed by atoms with E-state index >= 15 is 0 Å². The number of methoxy groups -OCH3 is 1. The molecule has 2 nitrogen and oxygen atoms in total. The molecule has 2 heteroatoms. The van der Waals surface area contributed by atoms with E-state index in [0.29, 0.717) is 6.04 Å². The molecule has 112 valence electrons. The van der Waals surface area contributed by atoms with Crippen LogP contribution >= 0.6 is 0 Å². The average Bonchev–Trinajstić information content (AvgIpc) is 2.49. The zero-order valence-electron chi connectivity index (χ0n) is 13.6. The van der Waals surface area contributed by atoms with Gasteiger partial charge < -0.3 is 10.1 Å². The van der Waals surface area contributed by atoms with Gasteiger partial charge in [-0.25, -0.2) is 0 Å². The second-order valence-corrected chi connectivity index (χ2v) is 5.71. The van der Waals surface area contributed by atoms with E-state index in [1.54, 1.807) is 7.11 Å². The Morgan fingerprint density at radius 1 is 0.905 bits per heavy atom. The SMILES string of the molecule is COc1ccccc1[C@H](C)NC(C)c1cc(C)ccc1C. The van der Waals surface area contributed by atoms with Crippen molar-refractivity contribution in [3.8, 4) is 5.75 Å². The Morgan fingerprint density at radius 3 is 2.29 bits per heavy atom. The predicted octanol–water partition coefficient (Wildman–Crippen LogP) is 4.72. The first-order valence-electron chi connectivity index (χ1n) is 7.49. The first kappa shape index (κ1) is 15.6. The van der Waals surface area contributed by atoms with Gasteiger partial charge in [0, 0.05) is 17.6 Å². The molecule has 0 aliphatic rings. The van der Waals surface area contributed by atoms with Gasteiger partial charge in [0.15, 0.2) is 0 Å². The Balaban J connectivity index is 2.18. The van der Waals surface area contributed by atoms with Crippen LogP contribution in [0.5, 0.6) is 5.75 Å². The van der Waals surface area contributed by atoms with Gasteiger partial charge >= 0.3 is 0 Å². The van der Waals surface area contributed by atoms with Crippen LogP contribution in [0.4, 0.5) is 0 Å².